The highest BCUT2D eigenvalue weighted by Gasteiger charge is 2.82. The fraction of sp³-hybridized carbons (Fsp3) is 0.895. The number of aliphatic hydroxyl groups excluding tert-OH is 1. The van der Waals surface area contributed by atoms with Crippen molar-refractivity contribution in [3.05, 3.63) is 0 Å². The van der Waals surface area contributed by atoms with Gasteiger partial charge < -0.3 is 14.6 Å². The van der Waals surface area contributed by atoms with Crippen molar-refractivity contribution < 1.29 is 24.2 Å². The summed E-state index contributed by atoms with van der Waals surface area (Å²) in [4.78, 5) is 25.6. The lowest BCUT2D eigenvalue weighted by molar-refractivity contribution is -0.157. The second-order valence-electron chi connectivity index (χ2n) is 9.32. The van der Waals surface area contributed by atoms with E-state index in [1.54, 1.807) is 0 Å². The molecule has 5 nitrogen and oxygen atoms in total. The van der Waals surface area contributed by atoms with Crippen molar-refractivity contribution in [2.75, 3.05) is 7.11 Å². The van der Waals surface area contributed by atoms with E-state index in [-0.39, 0.29) is 29.4 Å². The quantitative estimate of drug-likeness (QED) is 0.783. The summed E-state index contributed by atoms with van der Waals surface area (Å²) in [6, 6.07) is 0. The van der Waals surface area contributed by atoms with Gasteiger partial charge in [0.05, 0.1) is 36.3 Å². The van der Waals surface area contributed by atoms with Gasteiger partial charge in [-0.05, 0) is 39.0 Å². The van der Waals surface area contributed by atoms with Crippen LogP contribution in [-0.2, 0) is 19.1 Å². The van der Waals surface area contributed by atoms with Gasteiger partial charge in [0.1, 0.15) is 5.78 Å². The maximum atomic E-state index is 13.1. The highest BCUT2D eigenvalue weighted by molar-refractivity contribution is 5.93. The fourth-order valence-corrected chi connectivity index (χ4v) is 6.38. The molecular weight excluding hydrogens is 308 g/mol. The summed E-state index contributed by atoms with van der Waals surface area (Å²) in [6.45, 7) is 9.97. The molecule has 3 saturated carbocycles. The zero-order chi connectivity index (χ0) is 18.1. The van der Waals surface area contributed by atoms with Gasteiger partial charge in [-0.3, -0.25) is 9.59 Å². The number of carbonyl (C=O) groups excluding carboxylic acids is 2. The van der Waals surface area contributed by atoms with E-state index in [9.17, 15) is 14.7 Å². The van der Waals surface area contributed by atoms with Gasteiger partial charge in [0.2, 0.25) is 0 Å². The molecular formula is C19H30O5. The third kappa shape index (κ3) is 1.88. The van der Waals surface area contributed by atoms with E-state index >= 15 is 0 Å². The molecule has 3 rings (SSSR count). The molecule has 0 aromatic carbocycles. The second kappa shape index (κ2) is 5.04. The first-order valence-corrected chi connectivity index (χ1v) is 8.91. The van der Waals surface area contributed by atoms with E-state index in [2.05, 4.69) is 0 Å². The Hall–Kier alpha value is -0.940. The van der Waals surface area contributed by atoms with E-state index < -0.39 is 22.3 Å². The maximum absolute atomic E-state index is 13.1. The molecule has 0 saturated heterocycles. The van der Waals surface area contributed by atoms with Gasteiger partial charge in [-0.2, -0.15) is 0 Å². The van der Waals surface area contributed by atoms with E-state index in [4.69, 9.17) is 9.47 Å². The molecule has 0 aromatic heterocycles. The lowest BCUT2D eigenvalue weighted by atomic mass is 9.58. The molecule has 5 heteroatoms. The Labute approximate surface area is 144 Å². The topological polar surface area (TPSA) is 72.8 Å². The van der Waals surface area contributed by atoms with E-state index in [0.717, 1.165) is 0 Å². The molecule has 1 spiro atoms. The summed E-state index contributed by atoms with van der Waals surface area (Å²) in [7, 11) is 1.39. The van der Waals surface area contributed by atoms with Gasteiger partial charge in [0, 0.05) is 18.3 Å². The van der Waals surface area contributed by atoms with E-state index in [1.165, 1.54) is 7.11 Å². The number of Topliss-reactive ketones (excluding diaryl/α,β-unsaturated/α-hetero) is 1. The van der Waals surface area contributed by atoms with Crippen molar-refractivity contribution in [3.63, 3.8) is 0 Å². The van der Waals surface area contributed by atoms with Gasteiger partial charge in [-0.15, -0.1) is 0 Å². The minimum absolute atomic E-state index is 0.0893. The van der Waals surface area contributed by atoms with Crippen molar-refractivity contribution in [3.8, 4) is 0 Å². The lowest BCUT2D eigenvalue weighted by Gasteiger charge is -2.46. The van der Waals surface area contributed by atoms with Crippen LogP contribution in [0.15, 0.2) is 0 Å². The lowest BCUT2D eigenvalue weighted by Crippen LogP contribution is -2.53. The predicted molar refractivity (Wildman–Crippen MR) is 88.3 cm³/mol. The minimum atomic E-state index is -0.908. The summed E-state index contributed by atoms with van der Waals surface area (Å²) >= 11 is 0. The van der Waals surface area contributed by atoms with E-state index in [1.807, 2.05) is 34.6 Å². The molecule has 0 heterocycles. The predicted octanol–water partition coefficient (Wildman–Crippen LogP) is 2.49. The Morgan fingerprint density at radius 1 is 1.25 bits per heavy atom. The molecule has 3 fully saturated rings. The summed E-state index contributed by atoms with van der Waals surface area (Å²) in [5, 5.41) is 11.0. The number of esters is 1. The van der Waals surface area contributed by atoms with Crippen LogP contribution in [0.2, 0.25) is 0 Å². The molecule has 0 unspecified atom stereocenters. The summed E-state index contributed by atoms with van der Waals surface area (Å²) in [6.07, 6.45) is 0.996. The van der Waals surface area contributed by atoms with Crippen LogP contribution in [0.5, 0.6) is 0 Å². The van der Waals surface area contributed by atoms with Crippen LogP contribution in [0.4, 0.5) is 0 Å². The first-order valence-electron chi connectivity index (χ1n) is 8.91. The SMILES string of the molecule is COC(=O)[C@@H]1C[C@]2(C)[C@@H](OC(C)(C)C)C[C@@H](O)[C@@]23C(=O)CC[C@@]13C. The normalized spacial score (nSPS) is 47.6. The fourth-order valence-electron chi connectivity index (χ4n) is 6.38. The number of hydrogen-bond donors (Lipinski definition) is 1. The Kier molecular flexibility index (Phi) is 3.75. The number of rotatable bonds is 2. The zero-order valence-corrected chi connectivity index (χ0v) is 15.6. The Morgan fingerprint density at radius 2 is 1.88 bits per heavy atom. The van der Waals surface area contributed by atoms with Gasteiger partial charge >= 0.3 is 5.97 Å². The van der Waals surface area contributed by atoms with Crippen LogP contribution in [-0.4, -0.2) is 41.8 Å². The van der Waals surface area contributed by atoms with Gasteiger partial charge in [-0.25, -0.2) is 0 Å². The van der Waals surface area contributed by atoms with Crippen molar-refractivity contribution in [2.45, 2.75) is 78.1 Å². The molecule has 136 valence electrons. The smallest absolute Gasteiger partial charge is 0.309 e. The minimum Gasteiger partial charge on any atom is -0.469 e. The Morgan fingerprint density at radius 3 is 2.42 bits per heavy atom. The Balaban J connectivity index is 2.14. The van der Waals surface area contributed by atoms with Gasteiger partial charge in [0.25, 0.3) is 0 Å². The third-order valence-electron chi connectivity index (χ3n) is 7.14. The van der Waals surface area contributed by atoms with Crippen LogP contribution >= 0.6 is 0 Å². The number of aliphatic hydroxyl groups is 1. The summed E-state index contributed by atoms with van der Waals surface area (Å²) < 4.78 is 11.3. The summed E-state index contributed by atoms with van der Waals surface area (Å²) in [5.41, 5.74) is -2.41. The standard InChI is InChI=1S/C19H30O5/c1-16(2,3)24-14-9-13(21)19-12(20)7-8-17(19,4)11(15(22)23-6)10-18(14,19)5/h11,13-14,21H,7-10H2,1-6H3/t11-,13+,14-,17-,18+,19+/m0/s1. The van der Waals surface area contributed by atoms with Crippen LogP contribution in [0, 0.1) is 22.2 Å². The number of methoxy groups -OCH3 is 1. The summed E-state index contributed by atoms with van der Waals surface area (Å²) in [5.74, 6) is -0.560. The molecule has 0 aliphatic heterocycles. The maximum Gasteiger partial charge on any atom is 0.309 e. The van der Waals surface area contributed by atoms with Crippen LogP contribution in [0.3, 0.4) is 0 Å². The molecule has 0 amide bonds. The van der Waals surface area contributed by atoms with Crippen LogP contribution < -0.4 is 0 Å². The monoisotopic (exact) mass is 338 g/mol. The third-order valence-corrected chi connectivity index (χ3v) is 7.14. The molecule has 1 N–H and O–H groups in total. The highest BCUT2D eigenvalue weighted by Crippen LogP contribution is 2.77. The average Bonchev–Trinajstić information content (AvgIpc) is 2.94. The van der Waals surface area contributed by atoms with Gasteiger partial charge in [-0.1, -0.05) is 13.8 Å². The van der Waals surface area contributed by atoms with Crippen LogP contribution in [0.1, 0.15) is 60.3 Å². The average molecular weight is 338 g/mol. The molecule has 3 aliphatic carbocycles. The first kappa shape index (κ1) is 17.9. The number of carbonyl (C=O) groups is 2. The molecule has 24 heavy (non-hydrogen) atoms. The van der Waals surface area contributed by atoms with Crippen molar-refractivity contribution in [1.82, 2.24) is 0 Å². The molecule has 6 atom stereocenters. The molecule has 0 aromatic rings. The number of hydrogen-bond acceptors (Lipinski definition) is 5. The van der Waals surface area contributed by atoms with Crippen molar-refractivity contribution in [2.24, 2.45) is 22.2 Å². The van der Waals surface area contributed by atoms with Crippen LogP contribution in [0.25, 0.3) is 0 Å². The highest BCUT2D eigenvalue weighted by atomic mass is 16.5. The van der Waals surface area contributed by atoms with Gasteiger partial charge in [0.15, 0.2) is 0 Å². The largest absolute Gasteiger partial charge is 0.469 e. The number of ether oxygens (including phenoxy) is 2. The van der Waals surface area contributed by atoms with E-state index in [0.29, 0.717) is 25.7 Å². The Bertz CT molecular complexity index is 579. The molecule has 0 radical (unpaired) electrons. The first-order chi connectivity index (χ1) is 10.9. The molecule has 3 aliphatic rings. The van der Waals surface area contributed by atoms with Crippen molar-refractivity contribution in [1.29, 1.82) is 0 Å². The number of ketones is 1. The molecule has 0 bridgehead atoms. The zero-order valence-electron chi connectivity index (χ0n) is 15.6. The second-order valence-corrected chi connectivity index (χ2v) is 9.32. The van der Waals surface area contributed by atoms with Crippen molar-refractivity contribution >= 4 is 11.8 Å².